The van der Waals surface area contributed by atoms with E-state index in [1.54, 1.807) is 0 Å². The zero-order valence-corrected chi connectivity index (χ0v) is 13.5. The van der Waals surface area contributed by atoms with Crippen LogP contribution in [0.5, 0.6) is 0 Å². The number of benzene rings is 1. The number of nitrogens with one attached hydrogen (secondary N) is 1. The first-order valence-electron chi connectivity index (χ1n) is 7.67. The van der Waals surface area contributed by atoms with Gasteiger partial charge in [-0.3, -0.25) is 5.32 Å². The molecule has 1 atom stereocenters. The fourth-order valence-electron chi connectivity index (χ4n) is 2.74. The van der Waals surface area contributed by atoms with Crippen molar-refractivity contribution < 1.29 is 9.53 Å². The molecule has 4 heteroatoms. The molecular weight excluding hydrogens is 264 g/mol. The second-order valence-corrected chi connectivity index (χ2v) is 6.04. The Morgan fingerprint density at radius 1 is 1.43 bits per heavy atom. The number of ether oxygens (including phenoxy) is 1. The lowest BCUT2D eigenvalue weighted by Crippen LogP contribution is -2.58. The fraction of sp³-hybridized carbons (Fsp3) is 0.588. The molecule has 1 fully saturated rings. The van der Waals surface area contributed by atoms with E-state index in [2.05, 4.69) is 36.2 Å². The van der Waals surface area contributed by atoms with Crippen molar-refractivity contribution in [3.05, 3.63) is 29.8 Å². The number of nitrogens with zero attached hydrogens (tertiary/aromatic N) is 1. The SMILES string of the molecule is CCN(CC(C)(NC1CC1)C(=O)OC)c1ccccc1C. The zero-order chi connectivity index (χ0) is 15.5. The van der Waals surface area contributed by atoms with E-state index in [0.717, 1.165) is 19.4 Å². The Balaban J connectivity index is 2.20. The topological polar surface area (TPSA) is 41.6 Å². The Bertz CT molecular complexity index is 499. The monoisotopic (exact) mass is 290 g/mol. The maximum Gasteiger partial charge on any atom is 0.327 e. The van der Waals surface area contributed by atoms with Crippen LogP contribution in [0.25, 0.3) is 0 Å². The maximum absolute atomic E-state index is 12.3. The Hall–Kier alpha value is -1.55. The zero-order valence-electron chi connectivity index (χ0n) is 13.5. The number of aryl methyl sites for hydroxylation is 1. The molecule has 1 aliphatic rings. The van der Waals surface area contributed by atoms with E-state index in [-0.39, 0.29) is 5.97 Å². The molecule has 0 aliphatic heterocycles. The van der Waals surface area contributed by atoms with Crippen LogP contribution in [0.3, 0.4) is 0 Å². The van der Waals surface area contributed by atoms with Gasteiger partial charge in [0.2, 0.25) is 0 Å². The summed E-state index contributed by atoms with van der Waals surface area (Å²) in [6, 6.07) is 8.73. The summed E-state index contributed by atoms with van der Waals surface area (Å²) in [4.78, 5) is 14.5. The van der Waals surface area contributed by atoms with Crippen LogP contribution in [-0.2, 0) is 9.53 Å². The maximum atomic E-state index is 12.3. The second-order valence-electron chi connectivity index (χ2n) is 6.04. The van der Waals surface area contributed by atoms with E-state index >= 15 is 0 Å². The Morgan fingerprint density at radius 2 is 2.10 bits per heavy atom. The van der Waals surface area contributed by atoms with Crippen LogP contribution in [0.4, 0.5) is 5.69 Å². The van der Waals surface area contributed by atoms with Gasteiger partial charge in [-0.05, 0) is 45.2 Å². The van der Waals surface area contributed by atoms with Gasteiger partial charge in [0, 0.05) is 24.8 Å². The number of likely N-dealkylation sites (N-methyl/N-ethyl adjacent to an activating group) is 1. The van der Waals surface area contributed by atoms with E-state index in [4.69, 9.17) is 4.74 Å². The summed E-state index contributed by atoms with van der Waals surface area (Å²) < 4.78 is 5.03. The van der Waals surface area contributed by atoms with E-state index in [1.165, 1.54) is 18.4 Å². The molecule has 2 rings (SSSR count). The Morgan fingerprint density at radius 3 is 2.62 bits per heavy atom. The molecule has 0 saturated heterocycles. The van der Waals surface area contributed by atoms with Gasteiger partial charge in [0.1, 0.15) is 5.54 Å². The molecule has 1 aromatic carbocycles. The van der Waals surface area contributed by atoms with Crippen LogP contribution in [0.1, 0.15) is 32.3 Å². The smallest absolute Gasteiger partial charge is 0.327 e. The average Bonchev–Trinajstić information content (AvgIpc) is 3.28. The summed E-state index contributed by atoms with van der Waals surface area (Å²) in [5.74, 6) is -0.193. The summed E-state index contributed by atoms with van der Waals surface area (Å²) in [6.07, 6.45) is 2.28. The van der Waals surface area contributed by atoms with Gasteiger partial charge in [0.05, 0.1) is 7.11 Å². The molecule has 1 aromatic rings. The Labute approximate surface area is 127 Å². The van der Waals surface area contributed by atoms with Crippen LogP contribution in [0, 0.1) is 6.92 Å². The molecule has 0 amide bonds. The van der Waals surface area contributed by atoms with E-state index in [0.29, 0.717) is 12.6 Å². The molecular formula is C17H26N2O2. The van der Waals surface area contributed by atoms with E-state index < -0.39 is 5.54 Å². The molecule has 0 radical (unpaired) electrons. The minimum absolute atomic E-state index is 0.193. The van der Waals surface area contributed by atoms with E-state index in [9.17, 15) is 4.79 Å². The summed E-state index contributed by atoms with van der Waals surface area (Å²) in [5.41, 5.74) is 1.72. The Kier molecular flexibility index (Phi) is 4.88. The van der Waals surface area contributed by atoms with Crippen molar-refractivity contribution in [1.82, 2.24) is 5.32 Å². The quantitative estimate of drug-likeness (QED) is 0.784. The number of methoxy groups -OCH3 is 1. The average molecular weight is 290 g/mol. The van der Waals surface area contributed by atoms with Crippen LogP contribution >= 0.6 is 0 Å². The third-order valence-electron chi connectivity index (χ3n) is 4.08. The number of hydrogen-bond acceptors (Lipinski definition) is 4. The van der Waals surface area contributed by atoms with Crippen LogP contribution < -0.4 is 10.2 Å². The van der Waals surface area contributed by atoms with Crippen LogP contribution in [0.15, 0.2) is 24.3 Å². The lowest BCUT2D eigenvalue weighted by Gasteiger charge is -2.35. The molecule has 116 valence electrons. The molecule has 21 heavy (non-hydrogen) atoms. The summed E-state index contributed by atoms with van der Waals surface area (Å²) in [6.45, 7) is 7.61. The van der Waals surface area contributed by atoms with Crippen molar-refractivity contribution in [2.75, 3.05) is 25.1 Å². The summed E-state index contributed by atoms with van der Waals surface area (Å²) in [5, 5.41) is 3.46. The van der Waals surface area contributed by atoms with Crippen molar-refractivity contribution in [3.63, 3.8) is 0 Å². The predicted octanol–water partition coefficient (Wildman–Crippen LogP) is 2.51. The third kappa shape index (κ3) is 3.76. The van der Waals surface area contributed by atoms with Crippen molar-refractivity contribution in [3.8, 4) is 0 Å². The van der Waals surface area contributed by atoms with Crippen molar-refractivity contribution in [1.29, 1.82) is 0 Å². The van der Waals surface area contributed by atoms with Crippen LogP contribution in [-0.4, -0.2) is 37.7 Å². The first-order chi connectivity index (χ1) is 10.00. The highest BCUT2D eigenvalue weighted by Crippen LogP contribution is 2.26. The van der Waals surface area contributed by atoms with Crippen LogP contribution in [0.2, 0.25) is 0 Å². The van der Waals surface area contributed by atoms with Gasteiger partial charge in [-0.25, -0.2) is 4.79 Å². The third-order valence-corrected chi connectivity index (χ3v) is 4.08. The fourth-order valence-corrected chi connectivity index (χ4v) is 2.74. The predicted molar refractivity (Wildman–Crippen MR) is 85.6 cm³/mol. The normalized spacial score (nSPS) is 17.1. The standard InChI is InChI=1S/C17H26N2O2/c1-5-19(15-9-7-6-8-13(15)2)12-17(3,16(20)21-4)18-14-10-11-14/h6-9,14,18H,5,10-12H2,1-4H3. The van der Waals surface area contributed by atoms with Crippen molar-refractivity contribution >= 4 is 11.7 Å². The number of anilines is 1. The lowest BCUT2D eigenvalue weighted by molar-refractivity contribution is -0.147. The lowest BCUT2D eigenvalue weighted by atomic mass is 10.0. The molecule has 1 aliphatic carbocycles. The van der Waals surface area contributed by atoms with Gasteiger partial charge in [-0.15, -0.1) is 0 Å². The molecule has 1 saturated carbocycles. The second kappa shape index (κ2) is 6.48. The molecule has 0 bridgehead atoms. The highest BCUT2D eigenvalue weighted by molar-refractivity contribution is 5.81. The van der Waals surface area contributed by atoms with Gasteiger partial charge in [0.15, 0.2) is 0 Å². The van der Waals surface area contributed by atoms with Gasteiger partial charge in [0.25, 0.3) is 0 Å². The number of carbonyl (C=O) groups is 1. The molecule has 1 unspecified atom stereocenters. The highest BCUT2D eigenvalue weighted by atomic mass is 16.5. The number of esters is 1. The molecule has 0 spiro atoms. The minimum atomic E-state index is -0.672. The number of carbonyl (C=O) groups excluding carboxylic acids is 1. The first kappa shape index (κ1) is 15.8. The highest BCUT2D eigenvalue weighted by Gasteiger charge is 2.40. The summed E-state index contributed by atoms with van der Waals surface area (Å²) >= 11 is 0. The minimum Gasteiger partial charge on any atom is -0.468 e. The number of hydrogen-bond donors (Lipinski definition) is 1. The first-order valence-corrected chi connectivity index (χ1v) is 7.67. The van der Waals surface area contributed by atoms with Gasteiger partial charge in [-0.1, -0.05) is 18.2 Å². The molecule has 4 nitrogen and oxygen atoms in total. The van der Waals surface area contributed by atoms with Gasteiger partial charge in [-0.2, -0.15) is 0 Å². The molecule has 0 aromatic heterocycles. The molecule has 1 N–H and O–H groups in total. The number of para-hydroxylation sites is 1. The van der Waals surface area contributed by atoms with Crippen molar-refractivity contribution in [2.24, 2.45) is 0 Å². The van der Waals surface area contributed by atoms with E-state index in [1.807, 2.05) is 19.1 Å². The largest absolute Gasteiger partial charge is 0.468 e. The van der Waals surface area contributed by atoms with Gasteiger partial charge >= 0.3 is 5.97 Å². The van der Waals surface area contributed by atoms with Crippen molar-refractivity contribution in [2.45, 2.75) is 45.2 Å². The molecule has 0 heterocycles. The number of rotatable bonds is 7. The van der Waals surface area contributed by atoms with Gasteiger partial charge < -0.3 is 9.64 Å². The summed E-state index contributed by atoms with van der Waals surface area (Å²) in [7, 11) is 1.46.